The molecule has 0 amide bonds. The highest BCUT2D eigenvalue weighted by molar-refractivity contribution is 9.09. The molecule has 45 heavy (non-hydrogen) atoms. The SMILES string of the molecule is CC(=O)CCCCC(C)C(=O)C(C)CCCCC(C)=O.CCOC(=O)CC(=O)CC(=O)OCC.CCOC(=O)CCCCCBr. The second kappa shape index (κ2) is 32.9. The number of hydrogen-bond donors (Lipinski definition) is 0. The van der Waals surface area contributed by atoms with Crippen molar-refractivity contribution in [3.8, 4) is 0 Å². The normalized spacial score (nSPS) is 11.4. The third kappa shape index (κ3) is 35.9. The van der Waals surface area contributed by atoms with Gasteiger partial charge in [-0.15, -0.1) is 0 Å². The number of halogens is 1. The van der Waals surface area contributed by atoms with Crippen LogP contribution in [0.15, 0.2) is 0 Å². The van der Waals surface area contributed by atoms with Crippen LogP contribution in [0, 0.1) is 11.8 Å². The van der Waals surface area contributed by atoms with Gasteiger partial charge < -0.3 is 23.8 Å². The summed E-state index contributed by atoms with van der Waals surface area (Å²) in [5, 5.41) is 1.02. The molecule has 2 atom stereocenters. The van der Waals surface area contributed by atoms with E-state index in [0.717, 1.165) is 63.1 Å². The Morgan fingerprint density at radius 1 is 0.533 bits per heavy atom. The average molecular weight is 708 g/mol. The summed E-state index contributed by atoms with van der Waals surface area (Å²) < 4.78 is 13.9. The summed E-state index contributed by atoms with van der Waals surface area (Å²) in [5.41, 5.74) is 0. The first-order chi connectivity index (χ1) is 21.2. The molecule has 0 fully saturated rings. The van der Waals surface area contributed by atoms with E-state index in [0.29, 0.717) is 31.7 Å². The summed E-state index contributed by atoms with van der Waals surface area (Å²) in [4.78, 5) is 77.2. The second-order valence-corrected chi connectivity index (χ2v) is 11.7. The van der Waals surface area contributed by atoms with Crippen LogP contribution in [0.4, 0.5) is 0 Å². The Kier molecular flexibility index (Phi) is 34.4. The Balaban J connectivity index is -0.000000619. The smallest absolute Gasteiger partial charge is 0.313 e. The van der Waals surface area contributed by atoms with E-state index in [4.69, 9.17) is 4.74 Å². The lowest BCUT2D eigenvalue weighted by atomic mass is 9.88. The van der Waals surface area contributed by atoms with E-state index in [9.17, 15) is 33.6 Å². The number of carbonyl (C=O) groups excluding carboxylic acids is 7. The maximum absolute atomic E-state index is 12.2. The number of ketones is 4. The van der Waals surface area contributed by atoms with Crippen LogP contribution in [0.2, 0.25) is 0 Å². The molecule has 0 aliphatic rings. The van der Waals surface area contributed by atoms with Gasteiger partial charge in [-0.2, -0.15) is 0 Å². The molecular weight excluding hydrogens is 648 g/mol. The fourth-order valence-corrected chi connectivity index (χ4v) is 4.40. The van der Waals surface area contributed by atoms with Gasteiger partial charge in [0.15, 0.2) is 5.78 Å². The molecule has 0 radical (unpaired) electrons. The number of carbonyl (C=O) groups is 7. The summed E-state index contributed by atoms with van der Waals surface area (Å²) in [6, 6.07) is 0. The standard InChI is InChI=1S/C17H30O3.C9H14O5.C8H15BrO2/c1-13(9-5-7-11-15(3)18)17(20)14(2)10-6-8-12-16(4)19;1-3-13-8(11)5-7(10)6-9(12)14-4-2;1-2-11-8(10)6-4-3-5-7-9/h13-14H,5-12H2,1-4H3;3-6H2,1-2H3;2-7H2,1H3. The van der Waals surface area contributed by atoms with Crippen molar-refractivity contribution in [1.82, 2.24) is 0 Å². The number of unbranched alkanes of at least 4 members (excludes halogenated alkanes) is 4. The van der Waals surface area contributed by atoms with E-state index in [2.05, 4.69) is 25.4 Å². The van der Waals surface area contributed by atoms with Crippen molar-refractivity contribution in [2.45, 2.75) is 138 Å². The number of esters is 3. The predicted molar refractivity (Wildman–Crippen MR) is 178 cm³/mol. The van der Waals surface area contributed by atoms with Crippen LogP contribution in [0.3, 0.4) is 0 Å². The van der Waals surface area contributed by atoms with Crippen LogP contribution in [-0.4, -0.2) is 66.2 Å². The van der Waals surface area contributed by atoms with Crippen molar-refractivity contribution in [3.63, 3.8) is 0 Å². The number of ether oxygens (including phenoxy) is 3. The van der Waals surface area contributed by atoms with Crippen LogP contribution in [0.1, 0.15) is 138 Å². The van der Waals surface area contributed by atoms with E-state index < -0.39 is 17.7 Å². The van der Waals surface area contributed by atoms with Gasteiger partial charge in [0.25, 0.3) is 0 Å². The summed E-state index contributed by atoms with van der Waals surface area (Å²) in [7, 11) is 0. The average Bonchev–Trinajstić information content (AvgIpc) is 2.95. The minimum atomic E-state index is -0.609. The molecule has 262 valence electrons. The molecule has 0 spiro atoms. The summed E-state index contributed by atoms with van der Waals surface area (Å²) in [6.45, 7) is 13.3. The van der Waals surface area contributed by atoms with Gasteiger partial charge in [-0.1, -0.05) is 49.0 Å². The third-order valence-corrected chi connectivity index (χ3v) is 6.98. The second-order valence-electron chi connectivity index (χ2n) is 10.9. The van der Waals surface area contributed by atoms with Crippen LogP contribution in [0.5, 0.6) is 0 Å². The van der Waals surface area contributed by atoms with Gasteiger partial charge in [0.1, 0.15) is 30.2 Å². The molecule has 0 aliphatic carbocycles. The quantitative estimate of drug-likeness (QED) is 0.0335. The molecule has 11 heteroatoms. The fraction of sp³-hybridized carbons (Fsp3) is 0.794. The van der Waals surface area contributed by atoms with Crippen LogP contribution in [0.25, 0.3) is 0 Å². The van der Waals surface area contributed by atoms with Crippen molar-refractivity contribution in [2.24, 2.45) is 11.8 Å². The molecule has 0 aromatic carbocycles. The van der Waals surface area contributed by atoms with Gasteiger partial charge in [-0.05, 0) is 73.1 Å². The lowest BCUT2D eigenvalue weighted by Gasteiger charge is -2.16. The molecular formula is C34H59BrO10. The first-order valence-electron chi connectivity index (χ1n) is 16.3. The van der Waals surface area contributed by atoms with Gasteiger partial charge in [0, 0.05) is 36.4 Å². The first kappa shape index (κ1) is 47.0. The predicted octanol–water partition coefficient (Wildman–Crippen LogP) is 7.09. The van der Waals surface area contributed by atoms with E-state index in [-0.39, 0.29) is 55.4 Å². The Morgan fingerprint density at radius 2 is 0.911 bits per heavy atom. The first-order valence-corrected chi connectivity index (χ1v) is 17.4. The van der Waals surface area contributed by atoms with E-state index in [1.807, 2.05) is 20.8 Å². The van der Waals surface area contributed by atoms with Crippen molar-refractivity contribution in [2.75, 3.05) is 25.2 Å². The third-order valence-electron chi connectivity index (χ3n) is 6.42. The molecule has 0 saturated heterocycles. The highest BCUT2D eigenvalue weighted by Gasteiger charge is 2.19. The van der Waals surface area contributed by atoms with Crippen LogP contribution < -0.4 is 0 Å². The highest BCUT2D eigenvalue weighted by Crippen LogP contribution is 2.19. The minimum absolute atomic E-state index is 0.0675. The lowest BCUT2D eigenvalue weighted by Crippen LogP contribution is -2.19. The van der Waals surface area contributed by atoms with Crippen molar-refractivity contribution in [1.29, 1.82) is 0 Å². The monoisotopic (exact) mass is 706 g/mol. The summed E-state index contributed by atoms with van der Waals surface area (Å²) >= 11 is 3.33. The molecule has 10 nitrogen and oxygen atoms in total. The lowest BCUT2D eigenvalue weighted by molar-refractivity contribution is -0.149. The Hall–Kier alpha value is -2.43. The zero-order chi connectivity index (χ0) is 35.0. The van der Waals surface area contributed by atoms with Gasteiger partial charge in [-0.3, -0.25) is 24.0 Å². The van der Waals surface area contributed by atoms with Crippen LogP contribution >= 0.6 is 15.9 Å². The van der Waals surface area contributed by atoms with E-state index >= 15 is 0 Å². The van der Waals surface area contributed by atoms with Crippen molar-refractivity contribution in [3.05, 3.63) is 0 Å². The zero-order valence-corrected chi connectivity index (χ0v) is 30.4. The molecule has 0 bridgehead atoms. The van der Waals surface area contributed by atoms with Gasteiger partial charge in [-0.25, -0.2) is 0 Å². The maximum Gasteiger partial charge on any atom is 0.313 e. The number of hydrogen-bond acceptors (Lipinski definition) is 10. The summed E-state index contributed by atoms with van der Waals surface area (Å²) in [5.74, 6) is -0.816. The minimum Gasteiger partial charge on any atom is -0.466 e. The molecule has 2 unspecified atom stereocenters. The highest BCUT2D eigenvalue weighted by atomic mass is 79.9. The largest absolute Gasteiger partial charge is 0.466 e. The van der Waals surface area contributed by atoms with E-state index in [1.54, 1.807) is 27.7 Å². The Labute approximate surface area is 279 Å². The molecule has 0 aromatic heterocycles. The Morgan fingerprint density at radius 3 is 1.27 bits per heavy atom. The molecule has 0 heterocycles. The fourth-order valence-electron chi connectivity index (χ4n) is 4.00. The number of Topliss-reactive ketones (excluding diaryl/α,β-unsaturated/α-hetero) is 4. The molecule has 0 rings (SSSR count). The molecule has 0 aromatic rings. The molecule has 0 aliphatic heterocycles. The zero-order valence-electron chi connectivity index (χ0n) is 28.8. The van der Waals surface area contributed by atoms with E-state index in [1.165, 1.54) is 0 Å². The van der Waals surface area contributed by atoms with Crippen molar-refractivity contribution < 1.29 is 47.8 Å². The topological polar surface area (TPSA) is 147 Å². The summed E-state index contributed by atoms with van der Waals surface area (Å²) in [6.07, 6.45) is 9.71. The van der Waals surface area contributed by atoms with Gasteiger partial charge in [0.2, 0.25) is 0 Å². The van der Waals surface area contributed by atoms with Gasteiger partial charge >= 0.3 is 17.9 Å². The van der Waals surface area contributed by atoms with Crippen molar-refractivity contribution >= 4 is 57.0 Å². The van der Waals surface area contributed by atoms with Crippen LogP contribution in [-0.2, 0) is 47.8 Å². The Bertz CT molecular complexity index is 804. The molecule has 0 saturated carbocycles. The maximum atomic E-state index is 12.2. The molecule has 0 N–H and O–H groups in total. The van der Waals surface area contributed by atoms with Gasteiger partial charge in [0.05, 0.1) is 19.8 Å². The number of alkyl halides is 1. The number of rotatable bonds is 24.